The Kier molecular flexibility index (Phi) is 10.9. The van der Waals surface area contributed by atoms with E-state index in [-0.39, 0.29) is 21.7 Å². The highest BCUT2D eigenvalue weighted by atomic mass is 16.5. The Morgan fingerprint density at radius 3 is 1.78 bits per heavy atom. The van der Waals surface area contributed by atoms with Crippen LogP contribution in [0.3, 0.4) is 0 Å². The predicted molar refractivity (Wildman–Crippen MR) is 287 cm³/mol. The Labute approximate surface area is 403 Å². The van der Waals surface area contributed by atoms with Gasteiger partial charge in [0.25, 0.3) is 0 Å². The lowest BCUT2D eigenvalue weighted by molar-refractivity contribution is 0.480. The molecule has 0 amide bonds. The minimum Gasteiger partial charge on any atom is -0.457 e. The lowest BCUT2D eigenvalue weighted by Crippen LogP contribution is -2.25. The standard InChI is InChI=1S/C63H64N4O/c1-60(2,3)45-23-18-24-49(34-45)65-41-66(58-37-46(61(4,5)6)26-30-56(58)65)50-35-48(63(10,11)44-21-16-13-17-22-44)36-52(39-50)68-51-27-28-53-54-33-43(42-19-14-12-15-20-42)25-29-55(54)67(57(53)40-51)59-38-47(31-32-64-59)62(7,8)9/h12-40H,41H2,1-11H3. The number of rotatable bonds is 8. The van der Waals surface area contributed by atoms with E-state index in [0.29, 0.717) is 6.67 Å². The lowest BCUT2D eigenvalue weighted by Gasteiger charge is -2.30. The van der Waals surface area contributed by atoms with Gasteiger partial charge in [0.2, 0.25) is 0 Å². The highest BCUT2D eigenvalue weighted by molar-refractivity contribution is 6.10. The van der Waals surface area contributed by atoms with Crippen molar-refractivity contribution in [2.75, 3.05) is 16.5 Å². The van der Waals surface area contributed by atoms with Gasteiger partial charge in [-0.25, -0.2) is 4.98 Å². The van der Waals surface area contributed by atoms with Gasteiger partial charge in [0.05, 0.1) is 22.4 Å². The van der Waals surface area contributed by atoms with Crippen molar-refractivity contribution in [3.05, 3.63) is 204 Å². The van der Waals surface area contributed by atoms with Crippen molar-refractivity contribution in [3.8, 4) is 28.4 Å². The first-order chi connectivity index (χ1) is 32.3. The molecule has 0 spiro atoms. The molecule has 1 aliphatic heterocycles. The van der Waals surface area contributed by atoms with Gasteiger partial charge in [0, 0.05) is 45.9 Å². The maximum Gasteiger partial charge on any atom is 0.137 e. The first-order valence-electron chi connectivity index (χ1n) is 24.1. The van der Waals surface area contributed by atoms with Crippen molar-refractivity contribution in [2.24, 2.45) is 0 Å². The highest BCUT2D eigenvalue weighted by Gasteiger charge is 2.33. The zero-order valence-electron chi connectivity index (χ0n) is 41.6. The average molecular weight is 893 g/mol. The van der Waals surface area contributed by atoms with Crippen LogP contribution in [0, 0.1) is 0 Å². The minimum absolute atomic E-state index is 0.0212. The topological polar surface area (TPSA) is 33.5 Å². The molecule has 0 bridgehead atoms. The first-order valence-corrected chi connectivity index (χ1v) is 24.1. The molecule has 9 aromatic rings. The molecule has 68 heavy (non-hydrogen) atoms. The molecule has 7 aromatic carbocycles. The average Bonchev–Trinajstić information content (AvgIpc) is 3.86. The van der Waals surface area contributed by atoms with Crippen molar-refractivity contribution in [1.29, 1.82) is 0 Å². The number of anilines is 4. The third kappa shape index (κ3) is 8.33. The number of hydrogen-bond donors (Lipinski definition) is 0. The van der Waals surface area contributed by atoms with E-state index >= 15 is 0 Å². The molecule has 0 saturated carbocycles. The van der Waals surface area contributed by atoms with Crippen molar-refractivity contribution < 1.29 is 4.74 Å². The minimum atomic E-state index is -0.331. The zero-order chi connectivity index (χ0) is 47.8. The second-order valence-electron chi connectivity index (χ2n) is 22.3. The van der Waals surface area contributed by atoms with Gasteiger partial charge in [-0.2, -0.15) is 0 Å². The molecule has 10 rings (SSSR count). The smallest absolute Gasteiger partial charge is 0.137 e. The van der Waals surface area contributed by atoms with Crippen LogP contribution in [0.2, 0.25) is 0 Å². The number of ether oxygens (including phenoxy) is 1. The Morgan fingerprint density at radius 2 is 1.06 bits per heavy atom. The molecule has 0 atom stereocenters. The molecule has 0 aliphatic carbocycles. The molecule has 3 heterocycles. The first kappa shape index (κ1) is 44.7. The number of aromatic nitrogens is 2. The Morgan fingerprint density at radius 1 is 0.412 bits per heavy atom. The van der Waals surface area contributed by atoms with E-state index in [1.54, 1.807) is 0 Å². The number of hydrogen-bond acceptors (Lipinski definition) is 4. The Bertz CT molecular complexity index is 3320. The summed E-state index contributed by atoms with van der Waals surface area (Å²) >= 11 is 0. The summed E-state index contributed by atoms with van der Waals surface area (Å²) in [5.74, 6) is 2.43. The van der Waals surface area contributed by atoms with Crippen LogP contribution in [0.5, 0.6) is 11.5 Å². The van der Waals surface area contributed by atoms with Gasteiger partial charge in [0.15, 0.2) is 0 Å². The van der Waals surface area contributed by atoms with Gasteiger partial charge in [-0.1, -0.05) is 161 Å². The summed E-state index contributed by atoms with van der Waals surface area (Å²) < 4.78 is 9.48. The molecular formula is C63H64N4O. The predicted octanol–water partition coefficient (Wildman–Crippen LogP) is 17.1. The van der Waals surface area contributed by atoms with Crippen LogP contribution in [0.15, 0.2) is 176 Å². The van der Waals surface area contributed by atoms with Crippen molar-refractivity contribution >= 4 is 44.6 Å². The Hall–Kier alpha value is -7.11. The summed E-state index contributed by atoms with van der Waals surface area (Å²) in [7, 11) is 0. The van der Waals surface area contributed by atoms with Gasteiger partial charge in [-0.3, -0.25) is 4.57 Å². The third-order valence-electron chi connectivity index (χ3n) is 14.1. The quantitative estimate of drug-likeness (QED) is 0.152. The van der Waals surface area contributed by atoms with Crippen LogP contribution in [0.25, 0.3) is 38.8 Å². The second kappa shape index (κ2) is 16.6. The van der Waals surface area contributed by atoms with Gasteiger partial charge in [0.1, 0.15) is 24.0 Å². The van der Waals surface area contributed by atoms with Crippen LogP contribution in [0.4, 0.5) is 22.7 Å². The molecule has 1 aliphatic rings. The molecule has 342 valence electrons. The maximum atomic E-state index is 7.17. The normalized spacial score (nSPS) is 13.4. The van der Waals surface area contributed by atoms with Gasteiger partial charge >= 0.3 is 0 Å². The van der Waals surface area contributed by atoms with E-state index in [1.807, 2.05) is 6.20 Å². The summed E-state index contributed by atoms with van der Waals surface area (Å²) in [6.07, 6.45) is 1.94. The largest absolute Gasteiger partial charge is 0.457 e. The second-order valence-corrected chi connectivity index (χ2v) is 22.3. The molecule has 0 saturated heterocycles. The maximum absolute atomic E-state index is 7.17. The summed E-state index contributed by atoms with van der Waals surface area (Å²) in [6, 6.07) is 62.1. The summed E-state index contributed by atoms with van der Waals surface area (Å²) in [4.78, 5) is 9.95. The van der Waals surface area contributed by atoms with Gasteiger partial charge in [-0.05, 0) is 128 Å². The van der Waals surface area contributed by atoms with Crippen LogP contribution in [0.1, 0.15) is 104 Å². The monoisotopic (exact) mass is 893 g/mol. The molecule has 2 aromatic heterocycles. The fraction of sp³-hybridized carbons (Fsp3) is 0.254. The van der Waals surface area contributed by atoms with Crippen LogP contribution >= 0.6 is 0 Å². The highest BCUT2D eigenvalue weighted by Crippen LogP contribution is 2.49. The van der Waals surface area contributed by atoms with Crippen molar-refractivity contribution in [2.45, 2.75) is 97.8 Å². The fourth-order valence-corrected chi connectivity index (χ4v) is 9.75. The SMILES string of the molecule is CC(C)(C)c1cccc(N2CN(c3cc(Oc4ccc5c6cc(-c7ccccc7)ccc6n(-c6cc(C(C)(C)C)ccn6)c5c4)cc(C(C)(C)c4ccccc4)c3)c3cc(C(C)(C)C)ccc32)c1. The number of benzene rings is 7. The molecule has 5 heteroatoms. The zero-order valence-corrected chi connectivity index (χ0v) is 41.6. The van der Waals surface area contributed by atoms with E-state index in [1.165, 1.54) is 61.4 Å². The number of pyridine rings is 1. The molecule has 5 nitrogen and oxygen atoms in total. The van der Waals surface area contributed by atoms with E-state index < -0.39 is 0 Å². The third-order valence-corrected chi connectivity index (χ3v) is 14.1. The van der Waals surface area contributed by atoms with Gasteiger partial charge in [-0.15, -0.1) is 0 Å². The van der Waals surface area contributed by atoms with E-state index in [0.717, 1.165) is 39.4 Å². The van der Waals surface area contributed by atoms with Crippen molar-refractivity contribution in [1.82, 2.24) is 9.55 Å². The molecule has 0 unspecified atom stereocenters. The number of fused-ring (bicyclic) bond motifs is 4. The van der Waals surface area contributed by atoms with Crippen LogP contribution < -0.4 is 14.5 Å². The molecule has 0 fully saturated rings. The summed E-state index contributed by atoms with van der Waals surface area (Å²) in [5, 5.41) is 2.32. The molecule has 0 radical (unpaired) electrons. The number of nitrogens with zero attached hydrogens (tertiary/aromatic N) is 4. The van der Waals surface area contributed by atoms with Crippen LogP contribution in [-0.4, -0.2) is 16.2 Å². The fourth-order valence-electron chi connectivity index (χ4n) is 9.75. The van der Waals surface area contributed by atoms with Crippen molar-refractivity contribution in [3.63, 3.8) is 0 Å². The Balaban J connectivity index is 1.14. The molecule has 0 N–H and O–H groups in total. The van der Waals surface area contributed by atoms with Gasteiger partial charge < -0.3 is 14.5 Å². The lowest BCUT2D eigenvalue weighted by atomic mass is 9.78. The summed E-state index contributed by atoms with van der Waals surface area (Å²) in [5.41, 5.74) is 15.0. The molecular weight excluding hydrogens is 829 g/mol. The van der Waals surface area contributed by atoms with E-state index in [4.69, 9.17) is 9.72 Å². The summed E-state index contributed by atoms with van der Waals surface area (Å²) in [6.45, 7) is 25.8. The van der Waals surface area contributed by atoms with E-state index in [9.17, 15) is 0 Å². The van der Waals surface area contributed by atoms with E-state index in [2.05, 4.69) is 260 Å². The van der Waals surface area contributed by atoms with Crippen LogP contribution in [-0.2, 0) is 21.7 Å².